The SMILES string of the molecule is CC(C)(C)c1cc(Br)cc(C(N)=O)c1N. The van der Waals surface area contributed by atoms with Gasteiger partial charge in [-0.2, -0.15) is 0 Å². The molecule has 0 spiro atoms. The number of rotatable bonds is 1. The Morgan fingerprint density at radius 1 is 1.33 bits per heavy atom. The zero-order valence-corrected chi connectivity index (χ0v) is 10.7. The van der Waals surface area contributed by atoms with Gasteiger partial charge >= 0.3 is 0 Å². The molecular formula is C11H15BrN2O. The molecule has 0 aromatic heterocycles. The molecule has 1 rings (SSSR count). The second kappa shape index (κ2) is 3.85. The van der Waals surface area contributed by atoms with Gasteiger partial charge in [-0.3, -0.25) is 4.79 Å². The first-order chi connectivity index (χ1) is 6.73. The Morgan fingerprint density at radius 3 is 2.27 bits per heavy atom. The van der Waals surface area contributed by atoms with E-state index < -0.39 is 5.91 Å². The molecule has 4 N–H and O–H groups in total. The number of hydrogen-bond acceptors (Lipinski definition) is 2. The van der Waals surface area contributed by atoms with Crippen molar-refractivity contribution >= 4 is 27.5 Å². The Labute approximate surface area is 98.0 Å². The maximum absolute atomic E-state index is 11.2. The smallest absolute Gasteiger partial charge is 0.250 e. The fourth-order valence-corrected chi connectivity index (χ4v) is 1.90. The third-order valence-electron chi connectivity index (χ3n) is 2.22. The minimum Gasteiger partial charge on any atom is -0.398 e. The summed E-state index contributed by atoms with van der Waals surface area (Å²) in [7, 11) is 0. The van der Waals surface area contributed by atoms with E-state index in [-0.39, 0.29) is 5.41 Å². The van der Waals surface area contributed by atoms with Gasteiger partial charge < -0.3 is 11.5 Å². The molecule has 1 aromatic carbocycles. The molecule has 0 heterocycles. The quantitative estimate of drug-likeness (QED) is 0.770. The molecule has 0 aliphatic carbocycles. The van der Waals surface area contributed by atoms with Gasteiger partial charge in [0.05, 0.1) is 5.56 Å². The first-order valence-corrected chi connectivity index (χ1v) is 5.42. The Balaban J connectivity index is 3.49. The zero-order chi connectivity index (χ0) is 11.8. The monoisotopic (exact) mass is 270 g/mol. The lowest BCUT2D eigenvalue weighted by molar-refractivity contribution is 0.100. The van der Waals surface area contributed by atoms with E-state index in [0.29, 0.717) is 11.3 Å². The first kappa shape index (κ1) is 12.0. The second-order valence-electron chi connectivity index (χ2n) is 4.53. The van der Waals surface area contributed by atoms with Crippen molar-refractivity contribution in [3.05, 3.63) is 27.7 Å². The summed E-state index contributed by atoms with van der Waals surface area (Å²) < 4.78 is 0.815. The molecule has 1 aromatic rings. The molecule has 0 aliphatic rings. The second-order valence-corrected chi connectivity index (χ2v) is 5.44. The van der Waals surface area contributed by atoms with E-state index in [1.54, 1.807) is 6.07 Å². The predicted octanol–water partition coefficient (Wildman–Crippen LogP) is 2.43. The van der Waals surface area contributed by atoms with Crippen LogP contribution in [-0.4, -0.2) is 5.91 Å². The minimum atomic E-state index is -0.501. The molecule has 82 valence electrons. The number of halogens is 1. The molecular weight excluding hydrogens is 256 g/mol. The third-order valence-corrected chi connectivity index (χ3v) is 2.68. The zero-order valence-electron chi connectivity index (χ0n) is 9.10. The van der Waals surface area contributed by atoms with Gasteiger partial charge in [-0.25, -0.2) is 0 Å². The topological polar surface area (TPSA) is 69.1 Å². The molecule has 0 saturated heterocycles. The van der Waals surface area contributed by atoms with Crippen LogP contribution in [0.3, 0.4) is 0 Å². The van der Waals surface area contributed by atoms with E-state index >= 15 is 0 Å². The fourth-order valence-electron chi connectivity index (χ4n) is 1.44. The molecule has 0 bridgehead atoms. The summed E-state index contributed by atoms with van der Waals surface area (Å²) in [5, 5.41) is 0. The third kappa shape index (κ3) is 2.50. The summed E-state index contributed by atoms with van der Waals surface area (Å²) in [6.07, 6.45) is 0. The lowest BCUT2D eigenvalue weighted by atomic mass is 9.84. The highest BCUT2D eigenvalue weighted by atomic mass is 79.9. The van der Waals surface area contributed by atoms with E-state index in [9.17, 15) is 4.79 Å². The van der Waals surface area contributed by atoms with Crippen molar-refractivity contribution in [2.24, 2.45) is 5.73 Å². The number of nitrogen functional groups attached to an aromatic ring is 1. The summed E-state index contributed by atoms with van der Waals surface area (Å²) in [5.74, 6) is -0.501. The highest BCUT2D eigenvalue weighted by molar-refractivity contribution is 9.10. The van der Waals surface area contributed by atoms with Crippen molar-refractivity contribution in [1.29, 1.82) is 0 Å². The number of nitrogens with two attached hydrogens (primary N) is 2. The summed E-state index contributed by atoms with van der Waals surface area (Å²) >= 11 is 3.34. The molecule has 1 amide bonds. The Bertz CT molecular complexity index is 408. The van der Waals surface area contributed by atoms with Crippen molar-refractivity contribution in [2.75, 3.05) is 5.73 Å². The summed E-state index contributed by atoms with van der Waals surface area (Å²) in [6, 6.07) is 3.56. The Hall–Kier alpha value is -1.03. The largest absolute Gasteiger partial charge is 0.398 e. The number of amides is 1. The van der Waals surface area contributed by atoms with Crippen LogP contribution in [0.2, 0.25) is 0 Å². The number of benzene rings is 1. The van der Waals surface area contributed by atoms with E-state index in [1.807, 2.05) is 26.8 Å². The van der Waals surface area contributed by atoms with E-state index in [2.05, 4.69) is 15.9 Å². The standard InChI is InChI=1S/C11H15BrN2O/c1-11(2,3)8-5-6(12)4-7(9(8)13)10(14)15/h4-5H,13H2,1-3H3,(H2,14,15). The van der Waals surface area contributed by atoms with E-state index in [0.717, 1.165) is 10.0 Å². The number of primary amides is 1. The summed E-state index contributed by atoms with van der Waals surface area (Å²) in [5.41, 5.74) is 12.8. The maximum Gasteiger partial charge on any atom is 0.250 e. The van der Waals surface area contributed by atoms with Crippen LogP contribution in [0.1, 0.15) is 36.7 Å². The van der Waals surface area contributed by atoms with E-state index in [4.69, 9.17) is 11.5 Å². The van der Waals surface area contributed by atoms with Gasteiger partial charge in [-0.1, -0.05) is 36.7 Å². The lowest BCUT2D eigenvalue weighted by Crippen LogP contribution is -2.19. The van der Waals surface area contributed by atoms with Gasteiger partial charge in [0.15, 0.2) is 0 Å². The summed E-state index contributed by atoms with van der Waals surface area (Å²) in [4.78, 5) is 11.2. The van der Waals surface area contributed by atoms with Crippen molar-refractivity contribution in [3.63, 3.8) is 0 Å². The van der Waals surface area contributed by atoms with Crippen LogP contribution in [0.5, 0.6) is 0 Å². The van der Waals surface area contributed by atoms with E-state index in [1.165, 1.54) is 0 Å². The Morgan fingerprint density at radius 2 is 1.87 bits per heavy atom. The first-order valence-electron chi connectivity index (χ1n) is 4.63. The van der Waals surface area contributed by atoms with Gasteiger partial charge in [-0.15, -0.1) is 0 Å². The van der Waals surface area contributed by atoms with Crippen LogP contribution in [0.4, 0.5) is 5.69 Å². The Kier molecular flexibility index (Phi) is 3.09. The van der Waals surface area contributed by atoms with Crippen molar-refractivity contribution in [3.8, 4) is 0 Å². The lowest BCUT2D eigenvalue weighted by Gasteiger charge is -2.22. The van der Waals surface area contributed by atoms with Gasteiger partial charge in [0.2, 0.25) is 0 Å². The van der Waals surface area contributed by atoms with Gasteiger partial charge in [-0.05, 0) is 23.1 Å². The van der Waals surface area contributed by atoms with Crippen LogP contribution >= 0.6 is 15.9 Å². The van der Waals surface area contributed by atoms with Crippen LogP contribution in [0, 0.1) is 0 Å². The number of carbonyl (C=O) groups is 1. The van der Waals surface area contributed by atoms with Crippen molar-refractivity contribution in [2.45, 2.75) is 26.2 Å². The molecule has 0 atom stereocenters. The highest BCUT2D eigenvalue weighted by Crippen LogP contribution is 2.32. The molecule has 0 saturated carbocycles. The molecule has 0 radical (unpaired) electrons. The van der Waals surface area contributed by atoms with Crippen molar-refractivity contribution in [1.82, 2.24) is 0 Å². The van der Waals surface area contributed by atoms with Crippen LogP contribution < -0.4 is 11.5 Å². The van der Waals surface area contributed by atoms with Gasteiger partial charge in [0.25, 0.3) is 5.91 Å². The number of hydrogen-bond donors (Lipinski definition) is 2. The van der Waals surface area contributed by atoms with Crippen molar-refractivity contribution < 1.29 is 4.79 Å². The van der Waals surface area contributed by atoms with Gasteiger partial charge in [0.1, 0.15) is 0 Å². The van der Waals surface area contributed by atoms with Crippen LogP contribution in [0.15, 0.2) is 16.6 Å². The number of carbonyl (C=O) groups excluding carboxylic acids is 1. The maximum atomic E-state index is 11.2. The molecule has 15 heavy (non-hydrogen) atoms. The fraction of sp³-hybridized carbons (Fsp3) is 0.364. The average molecular weight is 271 g/mol. The predicted molar refractivity (Wildman–Crippen MR) is 65.8 cm³/mol. The van der Waals surface area contributed by atoms with Crippen LogP contribution in [0.25, 0.3) is 0 Å². The van der Waals surface area contributed by atoms with Crippen LogP contribution in [-0.2, 0) is 5.41 Å². The molecule has 3 nitrogen and oxygen atoms in total. The average Bonchev–Trinajstić information content (AvgIpc) is 2.06. The molecule has 0 aliphatic heterocycles. The molecule has 0 unspecified atom stereocenters. The van der Waals surface area contributed by atoms with Gasteiger partial charge in [0, 0.05) is 10.2 Å². The summed E-state index contributed by atoms with van der Waals surface area (Å²) in [6.45, 7) is 6.11. The minimum absolute atomic E-state index is 0.113. The highest BCUT2D eigenvalue weighted by Gasteiger charge is 2.21. The normalized spacial score (nSPS) is 11.5. The molecule has 0 fully saturated rings. The molecule has 4 heteroatoms. The number of anilines is 1.